The summed E-state index contributed by atoms with van der Waals surface area (Å²) in [5.74, 6) is -0.129. The number of ether oxygens (including phenoxy) is 1. The van der Waals surface area contributed by atoms with Gasteiger partial charge in [-0.2, -0.15) is 13.2 Å². The van der Waals surface area contributed by atoms with Crippen LogP contribution < -0.4 is 4.74 Å². The van der Waals surface area contributed by atoms with Crippen molar-refractivity contribution < 1.29 is 32.3 Å². The summed E-state index contributed by atoms with van der Waals surface area (Å²) >= 11 is 0. The zero-order valence-corrected chi connectivity index (χ0v) is 14.6. The molecule has 2 rings (SSSR count). The summed E-state index contributed by atoms with van der Waals surface area (Å²) in [5, 5.41) is 9.62. The van der Waals surface area contributed by atoms with Crippen LogP contribution in [-0.4, -0.2) is 47.8 Å². The lowest BCUT2D eigenvalue weighted by molar-refractivity contribution is -0.154. The van der Waals surface area contributed by atoms with Crippen molar-refractivity contribution in [3.8, 4) is 5.88 Å². The summed E-state index contributed by atoms with van der Waals surface area (Å²) in [6, 6.07) is 2.87. The Labute approximate surface area is 144 Å². The van der Waals surface area contributed by atoms with Gasteiger partial charge in [0.05, 0.1) is 17.8 Å². The molecule has 1 fully saturated rings. The standard InChI is InChI=1S/C16H21BF3NO4/c1-14(2)15(3,4)25-17(24-14)12(9-22)7-11-5-6-13(21-8-11)23-10-16(18,19)20/h5-8,22H,9-10H2,1-4H3. The highest BCUT2D eigenvalue weighted by Crippen LogP contribution is 2.38. The predicted octanol–water partition coefficient (Wildman–Crippen LogP) is 3.03. The fourth-order valence-electron chi connectivity index (χ4n) is 2.12. The Bertz CT molecular complexity index is 613. The number of aliphatic hydroxyl groups is 1. The van der Waals surface area contributed by atoms with Crippen LogP contribution in [0.3, 0.4) is 0 Å². The van der Waals surface area contributed by atoms with Gasteiger partial charge in [0, 0.05) is 12.3 Å². The monoisotopic (exact) mass is 359 g/mol. The Hall–Kier alpha value is -1.58. The molecular weight excluding hydrogens is 338 g/mol. The summed E-state index contributed by atoms with van der Waals surface area (Å²) in [7, 11) is -0.712. The molecule has 1 aliphatic rings. The van der Waals surface area contributed by atoms with Crippen LogP contribution in [0.25, 0.3) is 6.08 Å². The van der Waals surface area contributed by atoms with Crippen molar-refractivity contribution in [3.05, 3.63) is 29.4 Å². The third-order valence-electron chi connectivity index (χ3n) is 4.23. The molecule has 0 amide bonds. The Morgan fingerprint density at radius 3 is 2.28 bits per heavy atom. The van der Waals surface area contributed by atoms with Gasteiger partial charge in [0.1, 0.15) is 0 Å². The van der Waals surface area contributed by atoms with Crippen LogP contribution >= 0.6 is 0 Å². The topological polar surface area (TPSA) is 60.8 Å². The van der Waals surface area contributed by atoms with E-state index in [-0.39, 0.29) is 12.5 Å². The number of halogens is 3. The highest BCUT2D eigenvalue weighted by atomic mass is 19.4. The molecule has 0 spiro atoms. The number of hydrogen-bond donors (Lipinski definition) is 1. The van der Waals surface area contributed by atoms with E-state index in [1.165, 1.54) is 12.3 Å². The van der Waals surface area contributed by atoms with Crippen LogP contribution in [0.2, 0.25) is 0 Å². The van der Waals surface area contributed by atoms with Gasteiger partial charge in [-0.05, 0) is 44.8 Å². The molecule has 0 unspecified atom stereocenters. The molecule has 2 heterocycles. The molecule has 0 aromatic carbocycles. The molecule has 138 valence electrons. The molecule has 1 aromatic rings. The van der Waals surface area contributed by atoms with Crippen LogP contribution in [0.4, 0.5) is 13.2 Å². The van der Waals surface area contributed by atoms with Crippen molar-refractivity contribution in [3.63, 3.8) is 0 Å². The molecule has 5 nitrogen and oxygen atoms in total. The van der Waals surface area contributed by atoms with Crippen LogP contribution in [0.5, 0.6) is 5.88 Å². The smallest absolute Gasteiger partial charge is 0.468 e. The minimum Gasteiger partial charge on any atom is -0.468 e. The van der Waals surface area contributed by atoms with E-state index < -0.39 is 31.1 Å². The van der Waals surface area contributed by atoms with E-state index in [0.29, 0.717) is 11.0 Å². The summed E-state index contributed by atoms with van der Waals surface area (Å²) in [4.78, 5) is 3.82. The van der Waals surface area contributed by atoms with Crippen molar-refractivity contribution in [2.45, 2.75) is 45.1 Å². The summed E-state index contributed by atoms with van der Waals surface area (Å²) in [6.07, 6.45) is -1.43. The van der Waals surface area contributed by atoms with Gasteiger partial charge in [0.2, 0.25) is 5.88 Å². The molecule has 9 heteroatoms. The molecule has 0 radical (unpaired) electrons. The molecule has 1 N–H and O–H groups in total. The van der Waals surface area contributed by atoms with Crippen molar-refractivity contribution in [2.75, 3.05) is 13.2 Å². The highest BCUT2D eigenvalue weighted by molar-refractivity contribution is 6.55. The van der Waals surface area contributed by atoms with Gasteiger partial charge < -0.3 is 19.2 Å². The Balaban J connectivity index is 2.10. The lowest BCUT2D eigenvalue weighted by atomic mass is 9.77. The molecule has 1 aliphatic heterocycles. The minimum absolute atomic E-state index is 0.129. The minimum atomic E-state index is -4.42. The quantitative estimate of drug-likeness (QED) is 0.819. The SMILES string of the molecule is CC1(C)OB(C(=Cc2ccc(OCC(F)(F)F)nc2)CO)OC1(C)C. The van der Waals surface area contributed by atoms with Gasteiger partial charge in [0.15, 0.2) is 6.61 Å². The van der Waals surface area contributed by atoms with E-state index in [4.69, 9.17) is 9.31 Å². The van der Waals surface area contributed by atoms with E-state index in [1.807, 2.05) is 27.7 Å². The molecule has 1 saturated heterocycles. The molecule has 1 aromatic heterocycles. The van der Waals surface area contributed by atoms with Gasteiger partial charge in [0.25, 0.3) is 0 Å². The predicted molar refractivity (Wildman–Crippen MR) is 86.9 cm³/mol. The maximum absolute atomic E-state index is 12.1. The number of rotatable bonds is 5. The molecule has 25 heavy (non-hydrogen) atoms. The Morgan fingerprint density at radius 2 is 1.84 bits per heavy atom. The van der Waals surface area contributed by atoms with Crippen molar-refractivity contribution in [1.82, 2.24) is 4.98 Å². The van der Waals surface area contributed by atoms with Gasteiger partial charge in [-0.25, -0.2) is 4.98 Å². The number of pyridine rings is 1. The van der Waals surface area contributed by atoms with Crippen LogP contribution in [-0.2, 0) is 9.31 Å². The maximum Gasteiger partial charge on any atom is 0.492 e. The van der Waals surface area contributed by atoms with Crippen molar-refractivity contribution >= 4 is 13.2 Å². The average Bonchev–Trinajstić information content (AvgIpc) is 2.71. The third kappa shape index (κ3) is 4.96. The first kappa shape index (κ1) is 19.7. The number of nitrogens with zero attached hydrogens (tertiary/aromatic N) is 1. The van der Waals surface area contributed by atoms with Crippen LogP contribution in [0.1, 0.15) is 33.3 Å². The van der Waals surface area contributed by atoms with E-state index in [0.717, 1.165) is 0 Å². The van der Waals surface area contributed by atoms with Crippen LogP contribution in [0, 0.1) is 0 Å². The van der Waals surface area contributed by atoms with E-state index in [2.05, 4.69) is 9.72 Å². The lowest BCUT2D eigenvalue weighted by Gasteiger charge is -2.32. The number of alkyl halides is 3. The van der Waals surface area contributed by atoms with Gasteiger partial charge in [-0.1, -0.05) is 6.08 Å². The second kappa shape index (κ2) is 6.97. The summed E-state index contributed by atoms with van der Waals surface area (Å²) in [5.41, 5.74) is -0.0126. The number of aromatic nitrogens is 1. The zero-order valence-electron chi connectivity index (χ0n) is 14.6. The normalized spacial score (nSPS) is 20.0. The van der Waals surface area contributed by atoms with Gasteiger partial charge in [-0.15, -0.1) is 0 Å². The van der Waals surface area contributed by atoms with E-state index in [1.54, 1.807) is 12.1 Å². The first-order valence-corrected chi connectivity index (χ1v) is 7.76. The molecule has 0 atom stereocenters. The van der Waals surface area contributed by atoms with E-state index >= 15 is 0 Å². The fourth-order valence-corrected chi connectivity index (χ4v) is 2.12. The average molecular weight is 359 g/mol. The first-order valence-electron chi connectivity index (χ1n) is 7.76. The number of aliphatic hydroxyl groups excluding tert-OH is 1. The second-order valence-corrected chi connectivity index (χ2v) is 6.80. The largest absolute Gasteiger partial charge is 0.492 e. The summed E-state index contributed by atoms with van der Waals surface area (Å²) < 4.78 is 52.6. The van der Waals surface area contributed by atoms with Crippen molar-refractivity contribution in [2.24, 2.45) is 0 Å². The third-order valence-corrected chi connectivity index (χ3v) is 4.23. The number of hydrogen-bond acceptors (Lipinski definition) is 5. The maximum atomic E-state index is 12.1. The highest BCUT2D eigenvalue weighted by Gasteiger charge is 2.52. The van der Waals surface area contributed by atoms with Crippen LogP contribution in [0.15, 0.2) is 23.8 Å². The van der Waals surface area contributed by atoms with Gasteiger partial charge >= 0.3 is 13.3 Å². The molecule has 0 bridgehead atoms. The van der Waals surface area contributed by atoms with Crippen molar-refractivity contribution in [1.29, 1.82) is 0 Å². The zero-order chi connectivity index (χ0) is 18.9. The molecule has 0 saturated carbocycles. The second-order valence-electron chi connectivity index (χ2n) is 6.80. The Morgan fingerprint density at radius 1 is 1.24 bits per heavy atom. The Kier molecular flexibility index (Phi) is 5.51. The molecular formula is C16H21BF3NO4. The fraction of sp³-hybridized carbons (Fsp3) is 0.562. The van der Waals surface area contributed by atoms with E-state index in [9.17, 15) is 18.3 Å². The summed E-state index contributed by atoms with van der Waals surface area (Å²) in [6.45, 7) is 5.91. The first-order chi connectivity index (χ1) is 11.4. The molecule has 0 aliphatic carbocycles. The lowest BCUT2D eigenvalue weighted by Crippen LogP contribution is -2.41. The van der Waals surface area contributed by atoms with Gasteiger partial charge in [-0.3, -0.25) is 0 Å².